The Morgan fingerprint density at radius 2 is 1.94 bits per heavy atom. The predicted molar refractivity (Wildman–Crippen MR) is 73.8 cm³/mol. The second kappa shape index (κ2) is 8.40. The Balaban J connectivity index is 2.29. The van der Waals surface area contributed by atoms with Crippen LogP contribution in [0.3, 0.4) is 0 Å². The molecule has 1 N–H and O–H groups in total. The average molecular weight is 273 g/mol. The lowest BCUT2D eigenvalue weighted by Gasteiger charge is -2.33. The van der Waals surface area contributed by atoms with Crippen molar-refractivity contribution >= 4 is 23.6 Å². The first-order valence-corrected chi connectivity index (χ1v) is 7.89. The molecule has 0 spiro atoms. The fourth-order valence-electron chi connectivity index (χ4n) is 2.43. The number of amides is 1. The number of hydrogen-bond acceptors (Lipinski definition) is 3. The maximum absolute atomic E-state index is 12.1. The lowest BCUT2D eigenvalue weighted by Crippen LogP contribution is -2.42. The lowest BCUT2D eigenvalue weighted by molar-refractivity contribution is -0.136. The highest BCUT2D eigenvalue weighted by molar-refractivity contribution is 7.99. The summed E-state index contributed by atoms with van der Waals surface area (Å²) in [7, 11) is 0. The highest BCUT2D eigenvalue weighted by Gasteiger charge is 2.23. The summed E-state index contributed by atoms with van der Waals surface area (Å²) >= 11 is 1.43. The topological polar surface area (TPSA) is 57.6 Å². The van der Waals surface area contributed by atoms with Crippen molar-refractivity contribution in [3.05, 3.63) is 0 Å². The fraction of sp³-hybridized carbons (Fsp3) is 0.846. The van der Waals surface area contributed by atoms with Gasteiger partial charge in [0.15, 0.2) is 0 Å². The number of rotatable bonds is 7. The summed E-state index contributed by atoms with van der Waals surface area (Å²) in [6, 6.07) is 0.413. The second-order valence-corrected chi connectivity index (χ2v) is 5.77. The van der Waals surface area contributed by atoms with Gasteiger partial charge in [-0.25, -0.2) is 0 Å². The molecule has 104 valence electrons. The first kappa shape index (κ1) is 15.3. The van der Waals surface area contributed by atoms with Crippen LogP contribution < -0.4 is 0 Å². The van der Waals surface area contributed by atoms with Crippen LogP contribution in [0, 0.1) is 0 Å². The number of carboxylic acids is 1. The average Bonchev–Trinajstić information content (AvgIpc) is 2.36. The molecule has 0 saturated heterocycles. The standard InChI is InChI=1S/C13H23NO3S/c1-2-14(11-6-4-3-5-7-11)12(15)10-18-9-8-13(16)17/h11H,2-10H2,1H3,(H,16,17). The number of carboxylic acid groups (broad SMARTS) is 1. The summed E-state index contributed by atoms with van der Waals surface area (Å²) in [6.45, 7) is 2.79. The van der Waals surface area contributed by atoms with Crippen LogP contribution in [0.15, 0.2) is 0 Å². The van der Waals surface area contributed by atoms with E-state index >= 15 is 0 Å². The van der Waals surface area contributed by atoms with Gasteiger partial charge in [-0.05, 0) is 19.8 Å². The molecule has 0 aliphatic heterocycles. The predicted octanol–water partition coefficient (Wildman–Crippen LogP) is 2.38. The van der Waals surface area contributed by atoms with Crippen molar-refractivity contribution in [1.82, 2.24) is 4.90 Å². The molecule has 1 rings (SSSR count). The van der Waals surface area contributed by atoms with E-state index in [-0.39, 0.29) is 12.3 Å². The molecule has 0 radical (unpaired) electrons. The van der Waals surface area contributed by atoms with Gasteiger partial charge in [0.1, 0.15) is 0 Å². The third kappa shape index (κ3) is 5.29. The van der Waals surface area contributed by atoms with E-state index in [1.54, 1.807) is 0 Å². The second-order valence-electron chi connectivity index (χ2n) is 4.67. The molecule has 0 bridgehead atoms. The summed E-state index contributed by atoms with van der Waals surface area (Å²) in [5.74, 6) is 0.301. The Hall–Kier alpha value is -0.710. The summed E-state index contributed by atoms with van der Waals surface area (Å²) in [4.78, 5) is 24.4. The molecule has 0 aromatic heterocycles. The smallest absolute Gasteiger partial charge is 0.304 e. The molecule has 0 heterocycles. The van der Waals surface area contributed by atoms with E-state index in [4.69, 9.17) is 5.11 Å². The van der Waals surface area contributed by atoms with Crippen LogP contribution in [0.4, 0.5) is 0 Å². The van der Waals surface area contributed by atoms with E-state index in [0.29, 0.717) is 17.5 Å². The summed E-state index contributed by atoms with van der Waals surface area (Å²) in [6.07, 6.45) is 6.11. The number of thioether (sulfide) groups is 1. The molecule has 18 heavy (non-hydrogen) atoms. The van der Waals surface area contributed by atoms with Crippen LogP contribution in [-0.2, 0) is 9.59 Å². The molecule has 0 atom stereocenters. The number of carbonyl (C=O) groups is 2. The van der Waals surface area contributed by atoms with Gasteiger partial charge in [-0.2, -0.15) is 11.8 Å². The van der Waals surface area contributed by atoms with Gasteiger partial charge in [-0.15, -0.1) is 0 Å². The maximum Gasteiger partial charge on any atom is 0.304 e. The Morgan fingerprint density at radius 1 is 1.28 bits per heavy atom. The van der Waals surface area contributed by atoms with Gasteiger partial charge < -0.3 is 10.0 Å². The van der Waals surface area contributed by atoms with Crippen LogP contribution in [0.2, 0.25) is 0 Å². The van der Waals surface area contributed by atoms with Crippen LogP contribution in [-0.4, -0.2) is 46.0 Å². The van der Waals surface area contributed by atoms with Gasteiger partial charge >= 0.3 is 5.97 Å². The minimum absolute atomic E-state index is 0.132. The molecular weight excluding hydrogens is 250 g/mol. The molecule has 0 aromatic carbocycles. The maximum atomic E-state index is 12.1. The third-order valence-corrected chi connectivity index (χ3v) is 4.31. The molecule has 1 saturated carbocycles. The van der Waals surface area contributed by atoms with E-state index in [1.807, 2.05) is 11.8 Å². The van der Waals surface area contributed by atoms with Gasteiger partial charge in [-0.1, -0.05) is 19.3 Å². The lowest BCUT2D eigenvalue weighted by atomic mass is 9.94. The van der Waals surface area contributed by atoms with E-state index in [2.05, 4.69) is 0 Å². The van der Waals surface area contributed by atoms with Crippen molar-refractivity contribution < 1.29 is 14.7 Å². The molecule has 1 amide bonds. The van der Waals surface area contributed by atoms with Gasteiger partial charge in [-0.3, -0.25) is 9.59 Å². The van der Waals surface area contributed by atoms with E-state index in [9.17, 15) is 9.59 Å². The molecule has 0 aromatic rings. The normalized spacial score (nSPS) is 16.5. The third-order valence-electron chi connectivity index (χ3n) is 3.36. The van der Waals surface area contributed by atoms with Gasteiger partial charge in [0.05, 0.1) is 12.2 Å². The number of nitrogens with zero attached hydrogens (tertiary/aromatic N) is 1. The van der Waals surface area contributed by atoms with Crippen molar-refractivity contribution in [3.63, 3.8) is 0 Å². The van der Waals surface area contributed by atoms with Crippen LogP contribution >= 0.6 is 11.8 Å². The number of hydrogen-bond donors (Lipinski definition) is 1. The van der Waals surface area contributed by atoms with Crippen molar-refractivity contribution in [2.75, 3.05) is 18.1 Å². The van der Waals surface area contributed by atoms with Gasteiger partial charge in [0.2, 0.25) is 5.91 Å². The number of carbonyl (C=O) groups excluding carboxylic acids is 1. The van der Waals surface area contributed by atoms with Crippen LogP contribution in [0.5, 0.6) is 0 Å². The quantitative estimate of drug-likeness (QED) is 0.724. The molecule has 1 fully saturated rings. The zero-order chi connectivity index (χ0) is 13.4. The first-order valence-electron chi connectivity index (χ1n) is 6.74. The van der Waals surface area contributed by atoms with Crippen molar-refractivity contribution in [2.45, 2.75) is 51.5 Å². The molecule has 1 aliphatic rings. The summed E-state index contributed by atoms with van der Waals surface area (Å²) in [5.41, 5.74) is 0. The summed E-state index contributed by atoms with van der Waals surface area (Å²) < 4.78 is 0. The van der Waals surface area contributed by atoms with Crippen molar-refractivity contribution in [1.29, 1.82) is 0 Å². The van der Waals surface area contributed by atoms with E-state index in [0.717, 1.165) is 19.4 Å². The monoisotopic (exact) mass is 273 g/mol. The number of aliphatic carboxylic acids is 1. The highest BCUT2D eigenvalue weighted by atomic mass is 32.2. The van der Waals surface area contributed by atoms with Crippen LogP contribution in [0.1, 0.15) is 45.4 Å². The molecule has 4 nitrogen and oxygen atoms in total. The summed E-state index contributed by atoms with van der Waals surface area (Å²) in [5, 5.41) is 8.53. The molecule has 1 aliphatic carbocycles. The van der Waals surface area contributed by atoms with Gasteiger partial charge in [0.25, 0.3) is 0 Å². The Labute approximate surface area is 113 Å². The SMILES string of the molecule is CCN(C(=O)CSCCC(=O)O)C1CCCCC1. The zero-order valence-corrected chi connectivity index (χ0v) is 11.9. The van der Waals surface area contributed by atoms with Crippen molar-refractivity contribution in [2.24, 2.45) is 0 Å². The fourth-order valence-corrected chi connectivity index (χ4v) is 3.24. The first-order chi connectivity index (χ1) is 8.65. The van der Waals surface area contributed by atoms with Crippen molar-refractivity contribution in [3.8, 4) is 0 Å². The molecular formula is C13H23NO3S. The van der Waals surface area contributed by atoms with E-state index < -0.39 is 5.97 Å². The molecule has 5 heteroatoms. The Morgan fingerprint density at radius 3 is 2.50 bits per heavy atom. The van der Waals surface area contributed by atoms with E-state index in [1.165, 1.54) is 31.0 Å². The highest BCUT2D eigenvalue weighted by Crippen LogP contribution is 2.23. The van der Waals surface area contributed by atoms with Crippen LogP contribution in [0.25, 0.3) is 0 Å². The zero-order valence-electron chi connectivity index (χ0n) is 11.1. The molecule has 0 unspecified atom stereocenters. The minimum atomic E-state index is -0.797. The minimum Gasteiger partial charge on any atom is -0.481 e. The largest absolute Gasteiger partial charge is 0.481 e. The Kier molecular flexibility index (Phi) is 7.16. The Bertz CT molecular complexity index is 277. The van der Waals surface area contributed by atoms with Gasteiger partial charge in [0, 0.05) is 18.3 Å².